The summed E-state index contributed by atoms with van der Waals surface area (Å²) in [4.78, 5) is 5.46. The Morgan fingerprint density at radius 2 is 1.03 bits per heavy atom. The van der Waals surface area contributed by atoms with Crippen molar-refractivity contribution in [3.8, 4) is 20.9 Å². The maximum atomic E-state index is 2.52. The quantitative estimate of drug-likeness (QED) is 0.182. The molecule has 0 saturated carbocycles. The zero-order chi connectivity index (χ0) is 24.6. The lowest BCUT2D eigenvalue weighted by Crippen LogP contribution is -2.66. The van der Waals surface area contributed by atoms with Gasteiger partial charge in [-0.15, -0.1) is 22.7 Å². The molecule has 0 saturated heterocycles. The molecular weight excluding hydrogens is 470 g/mol. The minimum absolute atomic E-state index is 0.355. The lowest BCUT2D eigenvalue weighted by Gasteiger charge is -2.30. The van der Waals surface area contributed by atoms with Crippen LogP contribution >= 0.6 is 22.7 Å². The zero-order valence-electron chi connectivity index (χ0n) is 21.1. The lowest BCUT2D eigenvalue weighted by atomic mass is 9.25. The third-order valence-corrected chi connectivity index (χ3v) is 10.1. The van der Waals surface area contributed by atoms with Gasteiger partial charge in [0, 0.05) is 19.5 Å². The Hall–Kier alpha value is -3.07. The second-order valence-corrected chi connectivity index (χ2v) is 12.9. The van der Waals surface area contributed by atoms with Crippen LogP contribution in [0.5, 0.6) is 0 Å². The van der Waals surface area contributed by atoms with Crippen molar-refractivity contribution in [2.24, 2.45) is 0 Å². The first kappa shape index (κ1) is 22.2. The number of hydrogen-bond donors (Lipinski definition) is 0. The predicted molar refractivity (Wildman–Crippen MR) is 166 cm³/mol. The monoisotopic (exact) mass is 496 g/mol. The Balaban J connectivity index is 1.48. The van der Waals surface area contributed by atoms with Crippen LogP contribution in [0.25, 0.3) is 42.4 Å². The molecule has 0 nitrogen and oxygen atoms in total. The Bertz CT molecular complexity index is 1810. The highest BCUT2D eigenvalue weighted by molar-refractivity contribution is 7.16. The second kappa shape index (κ2) is 8.23. The van der Waals surface area contributed by atoms with E-state index in [-0.39, 0.29) is 0 Å². The van der Waals surface area contributed by atoms with Crippen molar-refractivity contribution in [2.75, 3.05) is 0 Å². The highest BCUT2D eigenvalue weighted by atomic mass is 32.1. The van der Waals surface area contributed by atoms with Crippen LogP contribution in [0.2, 0.25) is 13.6 Å². The van der Waals surface area contributed by atoms with Crippen LogP contribution in [0.3, 0.4) is 0 Å². The molecule has 0 bridgehead atoms. The van der Waals surface area contributed by atoms with Gasteiger partial charge in [0.1, 0.15) is 0 Å². The topological polar surface area (TPSA) is 0 Å². The first-order valence-corrected chi connectivity index (χ1v) is 14.4. The molecule has 0 unspecified atom stereocenters. The van der Waals surface area contributed by atoms with E-state index >= 15 is 0 Å². The average molecular weight is 496 g/mol. The molecule has 0 radical (unpaired) electrons. The van der Waals surface area contributed by atoms with Crippen LogP contribution in [0.1, 0.15) is 9.75 Å². The van der Waals surface area contributed by atoms with E-state index in [0.29, 0.717) is 13.4 Å². The molecule has 4 heteroatoms. The molecule has 7 rings (SSSR count). The van der Waals surface area contributed by atoms with E-state index in [1.165, 1.54) is 74.0 Å². The Morgan fingerprint density at radius 1 is 0.500 bits per heavy atom. The van der Waals surface area contributed by atoms with Gasteiger partial charge in [-0.3, -0.25) is 0 Å². The molecular formula is C32H26B2S2. The fourth-order valence-corrected chi connectivity index (χ4v) is 7.92. The van der Waals surface area contributed by atoms with Crippen molar-refractivity contribution in [3.63, 3.8) is 0 Å². The molecule has 0 N–H and O–H groups in total. The van der Waals surface area contributed by atoms with E-state index in [2.05, 4.69) is 112 Å². The van der Waals surface area contributed by atoms with E-state index < -0.39 is 0 Å². The molecule has 0 aliphatic carbocycles. The van der Waals surface area contributed by atoms with Gasteiger partial charge in [0.15, 0.2) is 0 Å². The summed E-state index contributed by atoms with van der Waals surface area (Å²) >= 11 is 3.81. The summed E-state index contributed by atoms with van der Waals surface area (Å²) in [7, 11) is 0. The molecule has 1 aliphatic heterocycles. The van der Waals surface area contributed by atoms with Crippen LogP contribution < -0.4 is 21.9 Å². The minimum atomic E-state index is 0.355. The Kier molecular flexibility index (Phi) is 5.06. The molecule has 2 aromatic heterocycles. The average Bonchev–Trinajstić information content (AvgIpc) is 3.53. The minimum Gasteiger partial charge on any atom is -0.141 e. The van der Waals surface area contributed by atoms with Crippen LogP contribution in [0.15, 0.2) is 84.9 Å². The largest absolute Gasteiger partial charge is 0.204 e. The number of rotatable bonds is 2. The van der Waals surface area contributed by atoms with Crippen molar-refractivity contribution >= 4 is 79.5 Å². The molecule has 1 aliphatic rings. The van der Waals surface area contributed by atoms with E-state index in [0.717, 1.165) is 0 Å². The van der Waals surface area contributed by atoms with Crippen molar-refractivity contribution in [3.05, 3.63) is 94.7 Å². The Morgan fingerprint density at radius 3 is 1.61 bits per heavy atom. The van der Waals surface area contributed by atoms with Crippen molar-refractivity contribution < 1.29 is 0 Å². The van der Waals surface area contributed by atoms with E-state index in [1.54, 1.807) is 0 Å². The van der Waals surface area contributed by atoms with Gasteiger partial charge in [0.25, 0.3) is 0 Å². The summed E-state index contributed by atoms with van der Waals surface area (Å²) in [6.45, 7) is 9.93. The summed E-state index contributed by atoms with van der Waals surface area (Å²) < 4.78 is 0. The van der Waals surface area contributed by atoms with Gasteiger partial charge >= 0.3 is 0 Å². The highest BCUT2D eigenvalue weighted by Crippen LogP contribution is 2.38. The third kappa shape index (κ3) is 3.35. The standard InChI is InChI=1S/C32H26B2S2/c1-19-9-13-31(35-19)25-17-29-30(18-26(25)32-14-10-20(2)36-32)34(4)28-16-24-22(15-27(28)33(29)3)12-11-21-7-5-6-8-23(21)24/h5-18H,1-4H3. The van der Waals surface area contributed by atoms with Crippen LogP contribution in [0.4, 0.5) is 0 Å². The fourth-order valence-electron chi connectivity index (χ4n) is 6.12. The SMILES string of the molecule is CB1c2cc(-c3ccc(C)s3)c(-c3ccc(C)s3)cc2B(C)c2cc3c(ccc4ccccc43)cc21. The summed E-state index contributed by atoms with van der Waals surface area (Å²) in [5.41, 5.74) is 8.67. The molecule has 172 valence electrons. The number of benzene rings is 4. The van der Waals surface area contributed by atoms with E-state index in [1.807, 2.05) is 22.7 Å². The lowest BCUT2D eigenvalue weighted by molar-refractivity contribution is 1.64. The smallest absolute Gasteiger partial charge is 0.141 e. The number of hydrogen-bond acceptors (Lipinski definition) is 2. The number of fused-ring (bicyclic) bond motifs is 5. The molecule has 4 aromatic carbocycles. The predicted octanol–water partition coefficient (Wildman–Crippen LogP) is 6.86. The van der Waals surface area contributed by atoms with Crippen molar-refractivity contribution in [2.45, 2.75) is 27.5 Å². The maximum absolute atomic E-state index is 2.52. The highest BCUT2D eigenvalue weighted by Gasteiger charge is 2.33. The van der Waals surface area contributed by atoms with Gasteiger partial charge in [-0.05, 0) is 70.8 Å². The Labute approximate surface area is 221 Å². The summed E-state index contributed by atoms with van der Waals surface area (Å²) in [6.07, 6.45) is 0. The van der Waals surface area contributed by atoms with Crippen molar-refractivity contribution in [1.82, 2.24) is 0 Å². The summed E-state index contributed by atoms with van der Waals surface area (Å²) in [5, 5.41) is 5.37. The summed E-state index contributed by atoms with van der Waals surface area (Å²) in [6, 6.07) is 32.4. The van der Waals surface area contributed by atoms with E-state index in [4.69, 9.17) is 0 Å². The first-order valence-electron chi connectivity index (χ1n) is 12.7. The molecule has 0 atom stereocenters. The van der Waals surface area contributed by atoms with Gasteiger partial charge in [-0.25, -0.2) is 0 Å². The van der Waals surface area contributed by atoms with Crippen LogP contribution in [-0.4, -0.2) is 13.4 Å². The van der Waals surface area contributed by atoms with E-state index in [9.17, 15) is 0 Å². The third-order valence-electron chi connectivity index (χ3n) is 8.05. The number of thiophene rings is 2. The normalized spacial score (nSPS) is 12.9. The van der Waals surface area contributed by atoms with Gasteiger partial charge < -0.3 is 0 Å². The number of aryl methyl sites for hydroxylation is 2. The fraction of sp³-hybridized carbons (Fsp3) is 0.125. The molecule has 0 spiro atoms. The summed E-state index contributed by atoms with van der Waals surface area (Å²) in [5.74, 6) is 0. The van der Waals surface area contributed by atoms with Gasteiger partial charge in [-0.1, -0.05) is 96.2 Å². The van der Waals surface area contributed by atoms with Gasteiger partial charge in [-0.2, -0.15) is 0 Å². The van der Waals surface area contributed by atoms with Gasteiger partial charge in [0.2, 0.25) is 13.4 Å². The molecule has 36 heavy (non-hydrogen) atoms. The van der Waals surface area contributed by atoms with Crippen molar-refractivity contribution in [1.29, 1.82) is 0 Å². The van der Waals surface area contributed by atoms with Crippen LogP contribution in [-0.2, 0) is 0 Å². The zero-order valence-corrected chi connectivity index (χ0v) is 22.7. The molecule has 6 aromatic rings. The second-order valence-electron chi connectivity index (χ2n) is 10.3. The van der Waals surface area contributed by atoms with Crippen LogP contribution in [0, 0.1) is 13.8 Å². The molecule has 0 amide bonds. The molecule has 0 fully saturated rings. The first-order chi connectivity index (χ1) is 17.5. The molecule has 3 heterocycles. The maximum Gasteiger partial charge on any atom is 0.204 e. The van der Waals surface area contributed by atoms with Gasteiger partial charge in [0.05, 0.1) is 0 Å².